The molecule has 1 aromatic heterocycles. The predicted octanol–water partition coefficient (Wildman–Crippen LogP) is 3.07. The van der Waals surface area contributed by atoms with Crippen molar-refractivity contribution in [2.24, 2.45) is 0 Å². The third-order valence-corrected chi connectivity index (χ3v) is 4.41. The molecule has 0 spiro atoms. The number of nitrogens with zero attached hydrogens (tertiary/aromatic N) is 1. The fraction of sp³-hybridized carbons (Fsp3) is 0.333. The minimum atomic E-state index is -0.420. The van der Waals surface area contributed by atoms with Crippen molar-refractivity contribution in [3.63, 3.8) is 0 Å². The molecule has 0 aliphatic rings. The van der Waals surface area contributed by atoms with Gasteiger partial charge in [-0.15, -0.1) is 11.3 Å². The van der Waals surface area contributed by atoms with E-state index in [1.807, 2.05) is 12.3 Å². The summed E-state index contributed by atoms with van der Waals surface area (Å²) in [6.45, 7) is 2.54. The molecule has 0 saturated heterocycles. The van der Waals surface area contributed by atoms with Gasteiger partial charge in [-0.1, -0.05) is 17.7 Å². The molecule has 0 fully saturated rings. The first-order valence-electron chi connectivity index (χ1n) is 6.81. The van der Waals surface area contributed by atoms with E-state index in [-0.39, 0.29) is 17.0 Å². The first-order chi connectivity index (χ1) is 10.5. The summed E-state index contributed by atoms with van der Waals surface area (Å²) in [5.74, 6) is -0.473. The van der Waals surface area contributed by atoms with Gasteiger partial charge in [-0.3, -0.25) is 4.79 Å². The Balaban J connectivity index is 1.92. The van der Waals surface area contributed by atoms with Crippen molar-refractivity contribution < 1.29 is 9.18 Å². The third kappa shape index (κ3) is 4.50. The molecule has 2 rings (SSSR count). The van der Waals surface area contributed by atoms with E-state index in [9.17, 15) is 9.18 Å². The summed E-state index contributed by atoms with van der Waals surface area (Å²) in [5, 5.41) is 8.71. The van der Waals surface area contributed by atoms with Crippen LogP contribution in [0.4, 0.5) is 4.39 Å². The SMILES string of the molecule is CNC(=O)Cc1nc(CNC(C)c2ccc(F)c(Cl)c2)cs1. The van der Waals surface area contributed by atoms with Crippen LogP contribution in [0, 0.1) is 5.82 Å². The second-order valence-corrected chi connectivity index (χ2v) is 6.21. The Labute approximate surface area is 137 Å². The van der Waals surface area contributed by atoms with E-state index in [2.05, 4.69) is 15.6 Å². The monoisotopic (exact) mass is 341 g/mol. The largest absolute Gasteiger partial charge is 0.359 e. The highest BCUT2D eigenvalue weighted by Gasteiger charge is 2.10. The van der Waals surface area contributed by atoms with Gasteiger partial charge in [0.1, 0.15) is 10.8 Å². The number of aromatic nitrogens is 1. The van der Waals surface area contributed by atoms with Gasteiger partial charge in [0.2, 0.25) is 5.91 Å². The molecule has 2 aromatic rings. The predicted molar refractivity (Wildman–Crippen MR) is 86.5 cm³/mol. The van der Waals surface area contributed by atoms with Gasteiger partial charge < -0.3 is 10.6 Å². The maximum atomic E-state index is 13.2. The lowest BCUT2D eigenvalue weighted by Crippen LogP contribution is -2.20. The molecular weight excluding hydrogens is 325 g/mol. The summed E-state index contributed by atoms with van der Waals surface area (Å²) in [4.78, 5) is 15.7. The number of thiazole rings is 1. The van der Waals surface area contributed by atoms with E-state index in [1.165, 1.54) is 17.4 Å². The van der Waals surface area contributed by atoms with Crippen LogP contribution in [-0.4, -0.2) is 17.9 Å². The molecule has 7 heteroatoms. The molecule has 0 aliphatic heterocycles. The molecule has 2 N–H and O–H groups in total. The highest BCUT2D eigenvalue weighted by molar-refractivity contribution is 7.09. The van der Waals surface area contributed by atoms with Crippen molar-refractivity contribution in [2.75, 3.05) is 7.05 Å². The molecule has 0 aliphatic carbocycles. The van der Waals surface area contributed by atoms with Gasteiger partial charge in [0.25, 0.3) is 0 Å². The average molecular weight is 342 g/mol. The molecule has 1 atom stereocenters. The minimum Gasteiger partial charge on any atom is -0.359 e. The van der Waals surface area contributed by atoms with Crippen molar-refractivity contribution in [3.8, 4) is 0 Å². The van der Waals surface area contributed by atoms with E-state index in [0.717, 1.165) is 16.3 Å². The number of hydrogen-bond acceptors (Lipinski definition) is 4. The van der Waals surface area contributed by atoms with Crippen LogP contribution in [0.25, 0.3) is 0 Å². The van der Waals surface area contributed by atoms with E-state index in [0.29, 0.717) is 13.0 Å². The van der Waals surface area contributed by atoms with Crippen LogP contribution in [0.2, 0.25) is 5.02 Å². The molecule has 22 heavy (non-hydrogen) atoms. The van der Waals surface area contributed by atoms with Gasteiger partial charge >= 0.3 is 0 Å². The number of carbonyl (C=O) groups is 1. The number of rotatable bonds is 6. The Kier molecular flexibility index (Phi) is 5.88. The number of nitrogens with one attached hydrogen (secondary N) is 2. The second kappa shape index (κ2) is 7.67. The molecule has 1 amide bonds. The second-order valence-electron chi connectivity index (χ2n) is 4.86. The molecule has 0 radical (unpaired) electrons. The molecule has 1 unspecified atom stereocenters. The quantitative estimate of drug-likeness (QED) is 0.849. The Morgan fingerprint density at radius 3 is 2.95 bits per heavy atom. The topological polar surface area (TPSA) is 54.0 Å². The fourth-order valence-corrected chi connectivity index (χ4v) is 2.88. The molecule has 118 valence electrons. The highest BCUT2D eigenvalue weighted by atomic mass is 35.5. The van der Waals surface area contributed by atoms with Crippen LogP contribution in [0.1, 0.15) is 29.2 Å². The number of likely N-dealkylation sites (N-methyl/N-ethyl adjacent to an activating group) is 1. The van der Waals surface area contributed by atoms with Crippen LogP contribution in [0.15, 0.2) is 23.6 Å². The van der Waals surface area contributed by atoms with Gasteiger partial charge in [-0.25, -0.2) is 9.37 Å². The first kappa shape index (κ1) is 16.9. The smallest absolute Gasteiger partial charge is 0.226 e. The van der Waals surface area contributed by atoms with Crippen molar-refractivity contribution in [2.45, 2.75) is 25.9 Å². The molecule has 0 bridgehead atoms. The lowest BCUT2D eigenvalue weighted by molar-refractivity contribution is -0.119. The highest BCUT2D eigenvalue weighted by Crippen LogP contribution is 2.21. The number of benzene rings is 1. The Hall–Kier alpha value is -1.50. The zero-order valence-corrected chi connectivity index (χ0v) is 13.9. The summed E-state index contributed by atoms with van der Waals surface area (Å²) in [5.41, 5.74) is 1.79. The number of hydrogen-bond donors (Lipinski definition) is 2. The van der Waals surface area contributed by atoms with Gasteiger partial charge in [0.15, 0.2) is 0 Å². The van der Waals surface area contributed by atoms with Gasteiger partial charge in [-0.2, -0.15) is 0 Å². The summed E-state index contributed by atoms with van der Waals surface area (Å²) < 4.78 is 13.2. The average Bonchev–Trinajstić information content (AvgIpc) is 2.95. The van der Waals surface area contributed by atoms with Gasteiger partial charge in [0.05, 0.1) is 17.1 Å². The van der Waals surface area contributed by atoms with Crippen molar-refractivity contribution in [1.29, 1.82) is 0 Å². The summed E-state index contributed by atoms with van der Waals surface area (Å²) in [7, 11) is 1.61. The zero-order chi connectivity index (χ0) is 16.1. The third-order valence-electron chi connectivity index (χ3n) is 3.22. The van der Waals surface area contributed by atoms with E-state index in [1.54, 1.807) is 19.2 Å². The number of amides is 1. The van der Waals surface area contributed by atoms with Gasteiger partial charge in [0, 0.05) is 25.0 Å². The van der Waals surface area contributed by atoms with Crippen LogP contribution in [-0.2, 0) is 17.8 Å². The summed E-state index contributed by atoms with van der Waals surface area (Å²) in [6.07, 6.45) is 0.296. The first-order valence-corrected chi connectivity index (χ1v) is 8.07. The zero-order valence-electron chi connectivity index (χ0n) is 12.3. The fourth-order valence-electron chi connectivity index (χ4n) is 1.89. The Bertz CT molecular complexity index is 662. The van der Waals surface area contributed by atoms with Crippen molar-refractivity contribution in [1.82, 2.24) is 15.6 Å². The summed E-state index contributed by atoms with van der Waals surface area (Å²) >= 11 is 7.25. The standard InChI is InChI=1S/C15H17ClFN3OS/c1-9(10-3-4-13(17)12(16)5-10)19-7-11-8-22-15(20-11)6-14(21)18-2/h3-5,8-9,19H,6-7H2,1-2H3,(H,18,21). The number of carbonyl (C=O) groups excluding carboxylic acids is 1. The lowest BCUT2D eigenvalue weighted by atomic mass is 10.1. The van der Waals surface area contributed by atoms with E-state index >= 15 is 0 Å². The van der Waals surface area contributed by atoms with Crippen LogP contribution in [0.5, 0.6) is 0 Å². The molecular formula is C15H17ClFN3OS. The molecule has 1 heterocycles. The molecule has 0 saturated carbocycles. The van der Waals surface area contributed by atoms with Gasteiger partial charge in [-0.05, 0) is 24.6 Å². The summed E-state index contributed by atoms with van der Waals surface area (Å²) in [6, 6.07) is 4.70. The Morgan fingerprint density at radius 1 is 1.50 bits per heavy atom. The molecule has 4 nitrogen and oxygen atoms in total. The molecule has 1 aromatic carbocycles. The number of halogens is 2. The lowest BCUT2D eigenvalue weighted by Gasteiger charge is -2.13. The van der Waals surface area contributed by atoms with Crippen LogP contribution >= 0.6 is 22.9 Å². The maximum Gasteiger partial charge on any atom is 0.226 e. The minimum absolute atomic E-state index is 0.0159. The van der Waals surface area contributed by atoms with Crippen molar-refractivity contribution >= 4 is 28.8 Å². The van der Waals surface area contributed by atoms with E-state index in [4.69, 9.17) is 11.6 Å². The Morgan fingerprint density at radius 2 is 2.27 bits per heavy atom. The van der Waals surface area contributed by atoms with Crippen LogP contribution in [0.3, 0.4) is 0 Å². The normalized spacial score (nSPS) is 12.2. The van der Waals surface area contributed by atoms with Crippen molar-refractivity contribution in [3.05, 3.63) is 50.7 Å². The van der Waals surface area contributed by atoms with Crippen LogP contribution < -0.4 is 10.6 Å². The maximum absolute atomic E-state index is 13.2. The van der Waals surface area contributed by atoms with E-state index < -0.39 is 5.82 Å².